The minimum Gasteiger partial charge on any atom is -0.462 e. The standard InChI is InChI=1S/C22H21N5O5/c1-3-32-22(31)14-6-8-15(9-7-14)23-17(28)12-26-19-18(24-25-26)20(29)27(21(19)30)16-10-4-13(2)5-11-16/h4-11,18-19H,3,12H2,1-2H3,(H,23,28)/t18-,19+/m0/s1. The van der Waals surface area contributed by atoms with Gasteiger partial charge in [0.05, 0.1) is 17.9 Å². The number of imide groups is 1. The lowest BCUT2D eigenvalue weighted by Crippen LogP contribution is -2.43. The van der Waals surface area contributed by atoms with E-state index in [1.54, 1.807) is 31.2 Å². The van der Waals surface area contributed by atoms with Gasteiger partial charge in [-0.1, -0.05) is 22.9 Å². The van der Waals surface area contributed by atoms with Gasteiger partial charge in [-0.05, 0) is 50.2 Å². The fourth-order valence-corrected chi connectivity index (χ4v) is 3.55. The SMILES string of the molecule is CCOC(=O)c1ccc(NC(=O)CN2N=N[C@@H]3C(=O)N(c4ccc(C)cc4)C(=O)[C@@H]32)cc1. The number of fused-ring (bicyclic) bond motifs is 1. The molecule has 0 bridgehead atoms. The zero-order valence-corrected chi connectivity index (χ0v) is 17.5. The summed E-state index contributed by atoms with van der Waals surface area (Å²) in [5.74, 6) is -1.83. The van der Waals surface area contributed by atoms with Crippen molar-refractivity contribution in [2.45, 2.75) is 25.9 Å². The van der Waals surface area contributed by atoms with Crippen LogP contribution in [0.1, 0.15) is 22.8 Å². The number of benzene rings is 2. The maximum absolute atomic E-state index is 13.0. The zero-order chi connectivity index (χ0) is 22.8. The summed E-state index contributed by atoms with van der Waals surface area (Å²) in [6.07, 6.45) is 0. The number of carbonyl (C=O) groups is 4. The fourth-order valence-electron chi connectivity index (χ4n) is 3.55. The molecule has 2 aromatic rings. The first-order valence-corrected chi connectivity index (χ1v) is 10.1. The molecule has 1 saturated heterocycles. The van der Waals surface area contributed by atoms with Crippen LogP contribution in [-0.4, -0.2) is 53.9 Å². The predicted molar refractivity (Wildman–Crippen MR) is 114 cm³/mol. The second-order valence-electron chi connectivity index (χ2n) is 7.39. The lowest BCUT2D eigenvalue weighted by Gasteiger charge is -2.20. The molecule has 0 radical (unpaired) electrons. The third kappa shape index (κ3) is 3.94. The van der Waals surface area contributed by atoms with Gasteiger partial charge in [-0.15, -0.1) is 0 Å². The van der Waals surface area contributed by atoms with E-state index in [4.69, 9.17) is 4.74 Å². The molecule has 2 aliphatic heterocycles. The Balaban J connectivity index is 1.41. The van der Waals surface area contributed by atoms with Crippen LogP contribution in [0.2, 0.25) is 0 Å². The molecule has 2 aliphatic rings. The number of esters is 1. The molecule has 0 aliphatic carbocycles. The molecule has 2 atom stereocenters. The number of hydrogen-bond acceptors (Lipinski definition) is 8. The van der Waals surface area contributed by atoms with E-state index in [0.29, 0.717) is 16.9 Å². The van der Waals surface area contributed by atoms with Crippen LogP contribution >= 0.6 is 0 Å². The average molecular weight is 435 g/mol. The summed E-state index contributed by atoms with van der Waals surface area (Å²) < 4.78 is 4.92. The smallest absolute Gasteiger partial charge is 0.338 e. The first kappa shape index (κ1) is 21.2. The highest BCUT2D eigenvalue weighted by molar-refractivity contribution is 6.25. The van der Waals surface area contributed by atoms with Crippen LogP contribution < -0.4 is 10.2 Å². The summed E-state index contributed by atoms with van der Waals surface area (Å²) in [6, 6.07) is 11.3. The van der Waals surface area contributed by atoms with Crippen molar-refractivity contribution in [2.75, 3.05) is 23.4 Å². The molecular formula is C22H21N5O5. The summed E-state index contributed by atoms with van der Waals surface area (Å²) in [7, 11) is 0. The van der Waals surface area contributed by atoms with Crippen LogP contribution in [0.4, 0.5) is 11.4 Å². The van der Waals surface area contributed by atoms with Crippen molar-refractivity contribution >= 4 is 35.1 Å². The number of nitrogens with one attached hydrogen (secondary N) is 1. The molecule has 4 rings (SSSR count). The highest BCUT2D eigenvalue weighted by Crippen LogP contribution is 2.31. The first-order chi connectivity index (χ1) is 15.4. The van der Waals surface area contributed by atoms with Gasteiger partial charge in [0.2, 0.25) is 5.91 Å². The van der Waals surface area contributed by atoms with Gasteiger partial charge in [-0.2, -0.15) is 5.11 Å². The highest BCUT2D eigenvalue weighted by atomic mass is 16.5. The number of nitrogens with zero attached hydrogens (tertiary/aromatic N) is 4. The van der Waals surface area contributed by atoms with E-state index < -0.39 is 35.8 Å². The first-order valence-electron chi connectivity index (χ1n) is 10.1. The molecule has 0 saturated carbocycles. The maximum atomic E-state index is 13.0. The van der Waals surface area contributed by atoms with Crippen molar-refractivity contribution in [1.29, 1.82) is 0 Å². The fraction of sp³-hybridized carbons (Fsp3) is 0.273. The van der Waals surface area contributed by atoms with Crippen molar-refractivity contribution in [1.82, 2.24) is 5.01 Å². The Kier molecular flexibility index (Phi) is 5.67. The second kappa shape index (κ2) is 8.58. The van der Waals surface area contributed by atoms with E-state index in [2.05, 4.69) is 15.7 Å². The predicted octanol–water partition coefficient (Wildman–Crippen LogP) is 2.10. The average Bonchev–Trinajstić information content (AvgIpc) is 3.29. The lowest BCUT2D eigenvalue weighted by molar-refractivity contribution is -0.123. The van der Waals surface area contributed by atoms with Gasteiger partial charge in [0.25, 0.3) is 11.8 Å². The van der Waals surface area contributed by atoms with Crippen molar-refractivity contribution in [2.24, 2.45) is 10.3 Å². The molecule has 10 heteroatoms. The molecule has 0 aromatic heterocycles. The topological polar surface area (TPSA) is 121 Å². The summed E-state index contributed by atoms with van der Waals surface area (Å²) in [5.41, 5.74) is 2.29. The van der Waals surface area contributed by atoms with Crippen LogP contribution in [-0.2, 0) is 19.1 Å². The van der Waals surface area contributed by atoms with E-state index >= 15 is 0 Å². The van der Waals surface area contributed by atoms with Crippen molar-refractivity contribution < 1.29 is 23.9 Å². The Labute approximate surface area is 183 Å². The minimum absolute atomic E-state index is 0.259. The number of anilines is 2. The van der Waals surface area contributed by atoms with Gasteiger partial charge in [-0.3, -0.25) is 19.4 Å². The quantitative estimate of drug-likeness (QED) is 0.548. The van der Waals surface area contributed by atoms with E-state index in [1.807, 2.05) is 19.1 Å². The summed E-state index contributed by atoms with van der Waals surface area (Å²) in [4.78, 5) is 51.0. The van der Waals surface area contributed by atoms with Crippen LogP contribution in [0.5, 0.6) is 0 Å². The van der Waals surface area contributed by atoms with Crippen LogP contribution in [0.25, 0.3) is 0 Å². The van der Waals surface area contributed by atoms with Crippen LogP contribution in [0.3, 0.4) is 0 Å². The Hall–Kier alpha value is -4.08. The Morgan fingerprint density at radius 3 is 2.38 bits per heavy atom. The van der Waals surface area contributed by atoms with Crippen LogP contribution in [0.15, 0.2) is 58.9 Å². The van der Waals surface area contributed by atoms with Gasteiger partial charge < -0.3 is 10.1 Å². The van der Waals surface area contributed by atoms with Crippen molar-refractivity contribution in [3.8, 4) is 0 Å². The van der Waals surface area contributed by atoms with E-state index in [0.717, 1.165) is 10.5 Å². The molecule has 2 aromatic carbocycles. The molecule has 10 nitrogen and oxygen atoms in total. The van der Waals surface area contributed by atoms with Gasteiger partial charge in [0, 0.05) is 5.69 Å². The monoisotopic (exact) mass is 435 g/mol. The molecule has 164 valence electrons. The van der Waals surface area contributed by atoms with Gasteiger partial charge >= 0.3 is 5.97 Å². The summed E-state index contributed by atoms with van der Waals surface area (Å²) >= 11 is 0. The Morgan fingerprint density at radius 1 is 1.03 bits per heavy atom. The second-order valence-corrected chi connectivity index (χ2v) is 7.39. The highest BCUT2D eigenvalue weighted by Gasteiger charge is 2.55. The molecule has 32 heavy (non-hydrogen) atoms. The largest absolute Gasteiger partial charge is 0.462 e. The van der Waals surface area contributed by atoms with Crippen molar-refractivity contribution in [3.63, 3.8) is 0 Å². The van der Waals surface area contributed by atoms with Crippen molar-refractivity contribution in [3.05, 3.63) is 59.7 Å². The number of carbonyl (C=O) groups excluding carboxylic acids is 4. The summed E-state index contributed by atoms with van der Waals surface area (Å²) in [5, 5.41) is 11.7. The molecule has 0 unspecified atom stereocenters. The number of aryl methyl sites for hydroxylation is 1. The molecular weight excluding hydrogens is 414 g/mol. The molecule has 1 N–H and O–H groups in total. The number of ether oxygens (including phenoxy) is 1. The van der Waals surface area contributed by atoms with E-state index in [9.17, 15) is 19.2 Å². The zero-order valence-electron chi connectivity index (χ0n) is 17.5. The van der Waals surface area contributed by atoms with Gasteiger partial charge in [-0.25, -0.2) is 9.69 Å². The third-order valence-electron chi connectivity index (χ3n) is 5.14. The number of amides is 3. The van der Waals surface area contributed by atoms with E-state index in [-0.39, 0.29) is 13.2 Å². The molecule has 0 spiro atoms. The lowest BCUT2D eigenvalue weighted by atomic mass is 10.1. The number of rotatable bonds is 6. The normalized spacial score (nSPS) is 19.3. The number of hydrogen-bond donors (Lipinski definition) is 1. The molecule has 1 fully saturated rings. The molecule has 2 heterocycles. The van der Waals surface area contributed by atoms with Gasteiger partial charge in [0.1, 0.15) is 6.54 Å². The third-order valence-corrected chi connectivity index (χ3v) is 5.14. The minimum atomic E-state index is -0.972. The molecule has 3 amide bonds. The Bertz CT molecular complexity index is 1100. The van der Waals surface area contributed by atoms with Crippen LogP contribution in [0, 0.1) is 6.92 Å². The Morgan fingerprint density at radius 2 is 1.72 bits per heavy atom. The maximum Gasteiger partial charge on any atom is 0.338 e. The summed E-state index contributed by atoms with van der Waals surface area (Å²) in [6.45, 7) is 3.64. The van der Waals surface area contributed by atoms with Gasteiger partial charge in [0.15, 0.2) is 12.1 Å². The van der Waals surface area contributed by atoms with E-state index in [1.165, 1.54) is 17.1 Å².